The molecule has 1 aromatic rings. The summed E-state index contributed by atoms with van der Waals surface area (Å²) in [6.07, 6.45) is -0.542. The van der Waals surface area contributed by atoms with E-state index in [1.807, 2.05) is 0 Å². The molecule has 22 heavy (non-hydrogen) atoms. The molecule has 1 aliphatic rings. The lowest BCUT2D eigenvalue weighted by Gasteiger charge is -2.16. The van der Waals surface area contributed by atoms with Crippen LogP contribution in [0.2, 0.25) is 0 Å². The summed E-state index contributed by atoms with van der Waals surface area (Å²) in [5.41, 5.74) is 5.60. The van der Waals surface area contributed by atoms with Gasteiger partial charge in [0.2, 0.25) is 0 Å². The van der Waals surface area contributed by atoms with E-state index < -0.39 is 11.7 Å². The summed E-state index contributed by atoms with van der Waals surface area (Å²) in [6, 6.07) is 5.55. The summed E-state index contributed by atoms with van der Waals surface area (Å²) in [6.45, 7) is 3.28. The van der Waals surface area contributed by atoms with Gasteiger partial charge < -0.3 is 11.1 Å². The number of hydrogen-bond donors (Lipinski definition) is 2. The first-order valence-corrected chi connectivity index (χ1v) is 7.59. The van der Waals surface area contributed by atoms with E-state index in [-0.39, 0.29) is 5.41 Å². The van der Waals surface area contributed by atoms with E-state index >= 15 is 0 Å². The van der Waals surface area contributed by atoms with Crippen molar-refractivity contribution < 1.29 is 13.2 Å². The molecule has 3 nitrogen and oxygen atoms in total. The molecule has 0 aromatic heterocycles. The highest BCUT2D eigenvalue weighted by Crippen LogP contribution is 2.49. The summed E-state index contributed by atoms with van der Waals surface area (Å²) in [4.78, 5) is 4.30. The number of nitrogens with two attached hydrogens (primary N) is 1. The van der Waals surface area contributed by atoms with Crippen LogP contribution in [0.5, 0.6) is 0 Å². The highest BCUT2D eigenvalue weighted by molar-refractivity contribution is 5.77. The minimum atomic E-state index is -4.31. The van der Waals surface area contributed by atoms with Crippen LogP contribution in [0.25, 0.3) is 0 Å². The van der Waals surface area contributed by atoms with Gasteiger partial charge in [-0.05, 0) is 30.9 Å². The predicted octanol–water partition coefficient (Wildman–Crippen LogP) is 3.44. The number of hydrogen-bond acceptors (Lipinski definition) is 1. The number of nitrogens with one attached hydrogen (secondary N) is 1. The third kappa shape index (κ3) is 4.15. The van der Waals surface area contributed by atoms with Gasteiger partial charge in [0, 0.05) is 12.0 Å². The zero-order valence-electron chi connectivity index (χ0n) is 12.7. The Hall–Kier alpha value is -1.72. The Morgan fingerprint density at radius 1 is 1.36 bits per heavy atom. The highest BCUT2D eigenvalue weighted by Gasteiger charge is 2.45. The molecule has 1 aliphatic carbocycles. The molecule has 6 heteroatoms. The molecule has 1 fully saturated rings. The number of nitrogens with zero attached hydrogens (tertiary/aromatic N) is 1. The monoisotopic (exact) mass is 313 g/mol. The Bertz CT molecular complexity index is 534. The Labute approximate surface area is 128 Å². The minimum absolute atomic E-state index is 0.279. The van der Waals surface area contributed by atoms with Crippen molar-refractivity contribution in [3.63, 3.8) is 0 Å². The minimum Gasteiger partial charge on any atom is -0.370 e. The molecule has 0 saturated heterocycles. The topological polar surface area (TPSA) is 50.4 Å². The van der Waals surface area contributed by atoms with Crippen molar-refractivity contribution in [3.05, 3.63) is 35.4 Å². The Kier molecular flexibility index (Phi) is 4.98. The third-order valence-electron chi connectivity index (χ3n) is 4.04. The van der Waals surface area contributed by atoms with E-state index in [0.717, 1.165) is 38.3 Å². The fraction of sp³-hybridized carbons (Fsp3) is 0.562. The lowest BCUT2D eigenvalue weighted by molar-refractivity contribution is -0.137. The van der Waals surface area contributed by atoms with E-state index in [0.29, 0.717) is 18.1 Å². The van der Waals surface area contributed by atoms with Gasteiger partial charge in [0.05, 0.1) is 12.1 Å². The largest absolute Gasteiger partial charge is 0.416 e. The van der Waals surface area contributed by atoms with Crippen LogP contribution in [0.1, 0.15) is 43.7 Å². The van der Waals surface area contributed by atoms with E-state index in [4.69, 9.17) is 5.73 Å². The zero-order valence-corrected chi connectivity index (χ0v) is 12.7. The van der Waals surface area contributed by atoms with Gasteiger partial charge in [0.1, 0.15) is 0 Å². The molecule has 3 N–H and O–H groups in total. The second-order valence-electron chi connectivity index (χ2n) is 5.84. The first kappa shape index (κ1) is 16.6. The van der Waals surface area contributed by atoms with Gasteiger partial charge in [-0.2, -0.15) is 13.2 Å². The molecule has 1 saturated carbocycles. The van der Waals surface area contributed by atoms with E-state index in [1.165, 1.54) is 12.1 Å². The summed E-state index contributed by atoms with van der Waals surface area (Å²) in [5, 5.41) is 3.02. The Morgan fingerprint density at radius 2 is 2.09 bits per heavy atom. The Balaban J connectivity index is 2.04. The van der Waals surface area contributed by atoms with Crippen molar-refractivity contribution in [1.29, 1.82) is 0 Å². The maximum absolute atomic E-state index is 12.8. The molecule has 2 rings (SSSR count). The van der Waals surface area contributed by atoms with Crippen LogP contribution < -0.4 is 11.1 Å². The fourth-order valence-electron chi connectivity index (χ4n) is 2.40. The molecular formula is C16H22F3N3. The van der Waals surface area contributed by atoms with Crippen LogP contribution in [0.3, 0.4) is 0 Å². The van der Waals surface area contributed by atoms with Crippen LogP contribution >= 0.6 is 0 Å². The SMILES string of the molecule is CCCCNC(N)=NCC1(c2cccc(C(F)(F)F)c2)CC1. The van der Waals surface area contributed by atoms with Crippen molar-refractivity contribution in [3.8, 4) is 0 Å². The van der Waals surface area contributed by atoms with Gasteiger partial charge in [-0.25, -0.2) is 0 Å². The maximum Gasteiger partial charge on any atom is 0.416 e. The molecule has 0 aliphatic heterocycles. The van der Waals surface area contributed by atoms with E-state index in [2.05, 4.69) is 17.2 Å². The molecular weight excluding hydrogens is 291 g/mol. The summed E-state index contributed by atoms with van der Waals surface area (Å²) < 4.78 is 38.4. The van der Waals surface area contributed by atoms with Crippen LogP contribution in [0.15, 0.2) is 29.3 Å². The van der Waals surface area contributed by atoms with Gasteiger partial charge in [0.25, 0.3) is 0 Å². The number of guanidine groups is 1. The third-order valence-corrected chi connectivity index (χ3v) is 4.04. The van der Waals surface area contributed by atoms with Gasteiger partial charge >= 0.3 is 6.18 Å². The van der Waals surface area contributed by atoms with Gasteiger partial charge in [-0.1, -0.05) is 31.5 Å². The first-order valence-electron chi connectivity index (χ1n) is 7.59. The number of benzene rings is 1. The molecule has 0 atom stereocenters. The highest BCUT2D eigenvalue weighted by atomic mass is 19.4. The molecule has 0 heterocycles. The lowest BCUT2D eigenvalue weighted by Crippen LogP contribution is -2.33. The van der Waals surface area contributed by atoms with Crippen molar-refractivity contribution >= 4 is 5.96 Å². The predicted molar refractivity (Wildman–Crippen MR) is 81.8 cm³/mol. The van der Waals surface area contributed by atoms with Gasteiger partial charge in [-0.15, -0.1) is 0 Å². The van der Waals surface area contributed by atoms with Gasteiger partial charge in [-0.3, -0.25) is 4.99 Å². The van der Waals surface area contributed by atoms with Gasteiger partial charge in [0.15, 0.2) is 5.96 Å². The van der Waals surface area contributed by atoms with E-state index in [9.17, 15) is 13.2 Å². The first-order chi connectivity index (χ1) is 10.4. The molecule has 0 spiro atoms. The zero-order chi connectivity index (χ0) is 16.2. The number of halogens is 3. The fourth-order valence-corrected chi connectivity index (χ4v) is 2.40. The summed E-state index contributed by atoms with van der Waals surface area (Å²) in [7, 11) is 0. The molecule has 1 aromatic carbocycles. The van der Waals surface area contributed by atoms with Crippen molar-refractivity contribution in [2.24, 2.45) is 10.7 Å². The normalized spacial score (nSPS) is 17.4. The number of aliphatic imine (C=N–C) groups is 1. The smallest absolute Gasteiger partial charge is 0.370 e. The second-order valence-corrected chi connectivity index (χ2v) is 5.84. The van der Waals surface area contributed by atoms with Crippen LogP contribution in [0, 0.1) is 0 Å². The quantitative estimate of drug-likeness (QED) is 0.480. The summed E-state index contributed by atoms with van der Waals surface area (Å²) in [5.74, 6) is 0.367. The molecule has 0 unspecified atom stereocenters. The average Bonchev–Trinajstić information content (AvgIpc) is 3.26. The van der Waals surface area contributed by atoms with E-state index in [1.54, 1.807) is 6.07 Å². The van der Waals surface area contributed by atoms with Crippen LogP contribution in [0.4, 0.5) is 13.2 Å². The molecule has 0 bridgehead atoms. The Morgan fingerprint density at radius 3 is 2.68 bits per heavy atom. The second kappa shape index (κ2) is 6.58. The number of unbranched alkanes of at least 4 members (excludes halogenated alkanes) is 1. The van der Waals surface area contributed by atoms with Crippen molar-refractivity contribution in [2.75, 3.05) is 13.1 Å². The van der Waals surface area contributed by atoms with Crippen molar-refractivity contribution in [1.82, 2.24) is 5.32 Å². The number of alkyl halides is 3. The molecule has 122 valence electrons. The molecule has 0 radical (unpaired) electrons. The average molecular weight is 313 g/mol. The number of rotatable bonds is 6. The van der Waals surface area contributed by atoms with Crippen LogP contribution in [-0.4, -0.2) is 19.0 Å². The van der Waals surface area contributed by atoms with Crippen LogP contribution in [-0.2, 0) is 11.6 Å². The lowest BCUT2D eigenvalue weighted by atomic mass is 9.94. The maximum atomic E-state index is 12.8. The van der Waals surface area contributed by atoms with Crippen molar-refractivity contribution in [2.45, 2.75) is 44.2 Å². The molecule has 0 amide bonds. The standard InChI is InChI=1S/C16H22F3N3/c1-2-3-9-21-14(20)22-11-15(7-8-15)12-5-4-6-13(10-12)16(17,18)19/h4-6,10H,2-3,7-9,11H2,1H3,(H3,20,21,22). The summed E-state index contributed by atoms with van der Waals surface area (Å²) >= 11 is 0.